The van der Waals surface area contributed by atoms with Gasteiger partial charge in [0.15, 0.2) is 0 Å². The molecule has 0 radical (unpaired) electrons. The van der Waals surface area contributed by atoms with Crippen LogP contribution < -0.4 is 9.62 Å². The van der Waals surface area contributed by atoms with Crippen molar-refractivity contribution in [1.82, 2.24) is 5.32 Å². The summed E-state index contributed by atoms with van der Waals surface area (Å²) in [6.07, 6.45) is 0.771. The van der Waals surface area contributed by atoms with Crippen LogP contribution in [-0.4, -0.2) is 33.2 Å². The lowest BCUT2D eigenvalue weighted by Gasteiger charge is -2.24. The van der Waals surface area contributed by atoms with Gasteiger partial charge in [-0.15, -0.1) is 11.8 Å². The summed E-state index contributed by atoms with van der Waals surface area (Å²) in [6.45, 7) is 2.18. The molecule has 0 saturated heterocycles. The Kier molecular flexibility index (Phi) is 8.61. The molecule has 1 amide bonds. The third kappa shape index (κ3) is 6.76. The molecule has 168 valence electrons. The Hall–Kier alpha value is -2.48. The molecule has 3 aromatic rings. The van der Waals surface area contributed by atoms with Crippen LogP contribution in [0.1, 0.15) is 12.0 Å². The molecule has 1 N–H and O–H groups in total. The maximum absolute atomic E-state index is 13.2. The number of carbonyl (C=O) groups excluding carboxylic acids is 1. The SMILES string of the molecule is Cc1ccc(SCCCNC(=O)CN(c2cccc(Cl)c2)S(=O)(=O)c2ccccc2)cc1. The first-order valence-corrected chi connectivity index (χ1v) is 13.0. The number of nitrogens with one attached hydrogen (secondary N) is 1. The molecule has 0 bridgehead atoms. The predicted molar refractivity (Wildman–Crippen MR) is 132 cm³/mol. The van der Waals surface area contributed by atoms with Gasteiger partial charge in [0.2, 0.25) is 5.91 Å². The molecule has 0 aromatic heterocycles. The number of carbonyl (C=O) groups is 1. The second-order valence-corrected chi connectivity index (χ2v) is 10.6. The first kappa shape index (κ1) is 24.2. The van der Waals surface area contributed by atoms with E-state index in [1.807, 2.05) is 0 Å². The number of anilines is 1. The average molecular weight is 489 g/mol. The average Bonchev–Trinajstić information content (AvgIpc) is 2.79. The molecule has 0 spiro atoms. The molecule has 0 atom stereocenters. The number of sulfonamides is 1. The van der Waals surface area contributed by atoms with Crippen LogP contribution in [0.4, 0.5) is 5.69 Å². The molecule has 0 fully saturated rings. The Balaban J connectivity index is 1.62. The number of amides is 1. The van der Waals surface area contributed by atoms with Crippen LogP contribution in [0.5, 0.6) is 0 Å². The minimum atomic E-state index is -3.93. The van der Waals surface area contributed by atoms with Gasteiger partial charge in [0.25, 0.3) is 10.0 Å². The van der Waals surface area contributed by atoms with E-state index in [0.717, 1.165) is 16.5 Å². The van der Waals surface area contributed by atoms with E-state index >= 15 is 0 Å². The zero-order valence-corrected chi connectivity index (χ0v) is 20.1. The van der Waals surface area contributed by atoms with Gasteiger partial charge in [0, 0.05) is 16.5 Å². The van der Waals surface area contributed by atoms with Crippen molar-refractivity contribution in [2.75, 3.05) is 23.1 Å². The molecule has 32 heavy (non-hydrogen) atoms. The van der Waals surface area contributed by atoms with Gasteiger partial charge in [-0.2, -0.15) is 0 Å². The number of hydrogen-bond donors (Lipinski definition) is 1. The van der Waals surface area contributed by atoms with Gasteiger partial charge in [0.1, 0.15) is 6.54 Å². The molecule has 0 heterocycles. The molecule has 0 aliphatic heterocycles. The van der Waals surface area contributed by atoms with E-state index in [-0.39, 0.29) is 17.3 Å². The fourth-order valence-electron chi connectivity index (χ4n) is 2.98. The Morgan fingerprint density at radius 3 is 2.41 bits per heavy atom. The first-order chi connectivity index (χ1) is 15.4. The topological polar surface area (TPSA) is 66.5 Å². The quantitative estimate of drug-likeness (QED) is 0.317. The van der Waals surface area contributed by atoms with Crippen LogP contribution in [-0.2, 0) is 14.8 Å². The van der Waals surface area contributed by atoms with Crippen LogP contribution in [0.3, 0.4) is 0 Å². The monoisotopic (exact) mass is 488 g/mol. The Morgan fingerprint density at radius 2 is 1.72 bits per heavy atom. The summed E-state index contributed by atoms with van der Waals surface area (Å²) in [5, 5.41) is 3.22. The number of halogens is 1. The highest BCUT2D eigenvalue weighted by atomic mass is 35.5. The lowest BCUT2D eigenvalue weighted by Crippen LogP contribution is -2.41. The van der Waals surface area contributed by atoms with E-state index in [4.69, 9.17) is 11.6 Å². The van der Waals surface area contributed by atoms with Crippen molar-refractivity contribution in [2.24, 2.45) is 0 Å². The highest BCUT2D eigenvalue weighted by Gasteiger charge is 2.27. The molecule has 5 nitrogen and oxygen atoms in total. The molecule has 3 rings (SSSR count). The number of nitrogens with zero attached hydrogens (tertiary/aromatic N) is 1. The summed E-state index contributed by atoms with van der Waals surface area (Å²) in [4.78, 5) is 13.9. The minimum Gasteiger partial charge on any atom is -0.354 e. The predicted octanol–water partition coefficient (Wildman–Crippen LogP) is 5.14. The van der Waals surface area contributed by atoms with Crippen molar-refractivity contribution >= 4 is 45.0 Å². The lowest BCUT2D eigenvalue weighted by molar-refractivity contribution is -0.119. The van der Waals surface area contributed by atoms with Crippen LogP contribution in [0.15, 0.2) is 88.7 Å². The van der Waals surface area contributed by atoms with Crippen molar-refractivity contribution in [2.45, 2.75) is 23.1 Å². The molecular weight excluding hydrogens is 464 g/mol. The Labute approximate surface area is 198 Å². The van der Waals surface area contributed by atoms with Crippen molar-refractivity contribution in [3.8, 4) is 0 Å². The second-order valence-electron chi connectivity index (χ2n) is 7.17. The summed E-state index contributed by atoms with van der Waals surface area (Å²) in [5.74, 6) is 0.480. The van der Waals surface area contributed by atoms with Gasteiger partial charge in [-0.05, 0) is 61.6 Å². The van der Waals surface area contributed by atoms with Crippen molar-refractivity contribution in [3.63, 3.8) is 0 Å². The normalized spacial score (nSPS) is 11.2. The zero-order chi connectivity index (χ0) is 23.0. The summed E-state index contributed by atoms with van der Waals surface area (Å²) >= 11 is 7.80. The third-order valence-electron chi connectivity index (χ3n) is 4.65. The maximum atomic E-state index is 13.2. The molecule has 0 saturated carbocycles. The highest BCUT2D eigenvalue weighted by molar-refractivity contribution is 7.99. The zero-order valence-electron chi connectivity index (χ0n) is 17.7. The number of thioether (sulfide) groups is 1. The maximum Gasteiger partial charge on any atom is 0.264 e. The van der Waals surface area contributed by atoms with Gasteiger partial charge in [-0.1, -0.05) is 53.6 Å². The summed E-state index contributed by atoms with van der Waals surface area (Å²) in [5.41, 5.74) is 1.56. The summed E-state index contributed by atoms with van der Waals surface area (Å²) < 4.78 is 27.6. The van der Waals surface area contributed by atoms with Crippen molar-refractivity contribution < 1.29 is 13.2 Å². The lowest BCUT2D eigenvalue weighted by atomic mass is 10.2. The summed E-state index contributed by atoms with van der Waals surface area (Å²) in [6, 6.07) is 22.8. The molecular formula is C24H25ClN2O3S2. The van der Waals surface area contributed by atoms with Crippen LogP contribution in [0.2, 0.25) is 5.02 Å². The Morgan fingerprint density at radius 1 is 1.00 bits per heavy atom. The fourth-order valence-corrected chi connectivity index (χ4v) is 5.45. The van der Waals surface area contributed by atoms with Gasteiger partial charge in [-0.3, -0.25) is 9.10 Å². The van der Waals surface area contributed by atoms with E-state index in [1.165, 1.54) is 28.7 Å². The van der Waals surface area contributed by atoms with Gasteiger partial charge < -0.3 is 5.32 Å². The van der Waals surface area contributed by atoms with E-state index in [1.54, 1.807) is 48.2 Å². The number of benzene rings is 3. The second kappa shape index (κ2) is 11.4. The van der Waals surface area contributed by atoms with E-state index in [0.29, 0.717) is 17.3 Å². The standard InChI is InChI=1S/C24H25ClN2O3S2/c1-19-11-13-22(14-12-19)31-16-6-15-26-24(28)18-27(21-8-5-7-20(25)17-21)32(29,30)23-9-3-2-4-10-23/h2-5,7-14,17H,6,15-16,18H2,1H3,(H,26,28). The highest BCUT2D eigenvalue weighted by Crippen LogP contribution is 2.26. The van der Waals surface area contributed by atoms with Crippen LogP contribution in [0, 0.1) is 6.92 Å². The number of rotatable bonds is 10. The summed E-state index contributed by atoms with van der Waals surface area (Å²) in [7, 11) is -3.93. The molecule has 3 aromatic carbocycles. The number of hydrogen-bond acceptors (Lipinski definition) is 4. The van der Waals surface area contributed by atoms with Crippen molar-refractivity contribution in [1.29, 1.82) is 0 Å². The van der Waals surface area contributed by atoms with Gasteiger partial charge in [-0.25, -0.2) is 8.42 Å². The molecule has 0 unspecified atom stereocenters. The minimum absolute atomic E-state index is 0.113. The molecule has 0 aliphatic rings. The van der Waals surface area contributed by atoms with E-state index < -0.39 is 10.0 Å². The molecule has 0 aliphatic carbocycles. The fraction of sp³-hybridized carbons (Fsp3) is 0.208. The largest absolute Gasteiger partial charge is 0.354 e. The first-order valence-electron chi connectivity index (χ1n) is 10.2. The van der Waals surface area contributed by atoms with Crippen molar-refractivity contribution in [3.05, 3.63) is 89.4 Å². The van der Waals surface area contributed by atoms with Crippen LogP contribution in [0.25, 0.3) is 0 Å². The third-order valence-corrected chi connectivity index (χ3v) is 7.77. The van der Waals surface area contributed by atoms with Gasteiger partial charge in [0.05, 0.1) is 10.6 Å². The smallest absolute Gasteiger partial charge is 0.264 e. The Bertz CT molecular complexity index is 1140. The molecule has 8 heteroatoms. The van der Waals surface area contributed by atoms with E-state index in [2.05, 4.69) is 36.5 Å². The van der Waals surface area contributed by atoms with Crippen LogP contribution >= 0.6 is 23.4 Å². The number of aryl methyl sites for hydroxylation is 1. The van der Waals surface area contributed by atoms with Gasteiger partial charge >= 0.3 is 0 Å². The van der Waals surface area contributed by atoms with E-state index in [9.17, 15) is 13.2 Å².